The smallest absolute Gasteiger partial charge is 0.339 e. The highest BCUT2D eigenvalue weighted by molar-refractivity contribution is 5.76. The van der Waals surface area contributed by atoms with Gasteiger partial charge in [-0.3, -0.25) is 4.39 Å². The molecule has 0 aromatic heterocycles. The molecule has 0 amide bonds. The first-order chi connectivity index (χ1) is 7.19. The van der Waals surface area contributed by atoms with E-state index in [0.717, 1.165) is 5.56 Å². The topological polar surface area (TPSA) is 46.5 Å². The summed E-state index contributed by atoms with van der Waals surface area (Å²) in [6.07, 6.45) is -1.02. The minimum atomic E-state index is -1.30. The van der Waals surface area contributed by atoms with Gasteiger partial charge in [0.15, 0.2) is 6.10 Å². The van der Waals surface area contributed by atoms with Crippen molar-refractivity contribution in [2.45, 2.75) is 12.5 Å². The van der Waals surface area contributed by atoms with Crippen LogP contribution in [0.15, 0.2) is 24.3 Å². The number of ether oxygens (including phenoxy) is 1. The number of rotatable bonds is 4. The number of hydrogen-bond acceptors (Lipinski definition) is 3. The molecule has 0 fully saturated rings. The predicted molar refractivity (Wildman–Crippen MR) is 53.1 cm³/mol. The minimum Gasteiger partial charge on any atom is -0.467 e. The van der Waals surface area contributed by atoms with Crippen LogP contribution >= 0.6 is 0 Å². The van der Waals surface area contributed by atoms with Crippen LogP contribution < -0.4 is 0 Å². The molecule has 3 nitrogen and oxygen atoms in total. The molecule has 1 aromatic carbocycles. The van der Waals surface area contributed by atoms with Crippen LogP contribution in [0.5, 0.6) is 0 Å². The van der Waals surface area contributed by atoms with Gasteiger partial charge in [-0.05, 0) is 11.1 Å². The van der Waals surface area contributed by atoms with Crippen LogP contribution in [0.1, 0.15) is 17.2 Å². The Bertz CT molecular complexity index is 338. The zero-order valence-corrected chi connectivity index (χ0v) is 8.44. The Morgan fingerprint density at radius 2 is 2.33 bits per heavy atom. The average Bonchev–Trinajstić information content (AvgIpc) is 2.28. The van der Waals surface area contributed by atoms with Crippen molar-refractivity contribution in [3.05, 3.63) is 35.4 Å². The fraction of sp³-hybridized carbons (Fsp3) is 0.364. The number of methoxy groups -OCH3 is 1. The molecule has 0 bridgehead atoms. The average molecular weight is 212 g/mol. The molecular weight excluding hydrogens is 199 g/mol. The number of aryl methyl sites for hydroxylation is 1. The van der Waals surface area contributed by atoms with E-state index in [4.69, 9.17) is 0 Å². The van der Waals surface area contributed by atoms with Gasteiger partial charge in [0, 0.05) is 6.42 Å². The Labute approximate surface area is 87.5 Å². The van der Waals surface area contributed by atoms with Gasteiger partial charge >= 0.3 is 5.97 Å². The third kappa shape index (κ3) is 3.02. The molecule has 0 aliphatic carbocycles. The first-order valence-electron chi connectivity index (χ1n) is 4.59. The van der Waals surface area contributed by atoms with Crippen LogP contribution in [0.3, 0.4) is 0 Å². The zero-order valence-electron chi connectivity index (χ0n) is 8.44. The Morgan fingerprint density at radius 3 is 2.93 bits per heavy atom. The highest BCUT2D eigenvalue weighted by Gasteiger charge is 2.17. The number of alkyl halides is 1. The Kier molecular flexibility index (Phi) is 4.24. The predicted octanol–water partition coefficient (Wildman–Crippen LogP) is 1.41. The summed E-state index contributed by atoms with van der Waals surface area (Å²) in [7, 11) is 1.21. The van der Waals surface area contributed by atoms with E-state index in [1.807, 2.05) is 0 Å². The molecule has 0 aliphatic rings. The zero-order chi connectivity index (χ0) is 11.3. The summed E-state index contributed by atoms with van der Waals surface area (Å²) in [5.41, 5.74) is 1.17. The number of aliphatic hydroxyl groups is 1. The summed E-state index contributed by atoms with van der Waals surface area (Å²) in [4.78, 5) is 11.0. The molecule has 0 saturated carbocycles. The highest BCUT2D eigenvalue weighted by Crippen LogP contribution is 2.16. The maximum Gasteiger partial charge on any atom is 0.339 e. The molecule has 0 heterocycles. The van der Waals surface area contributed by atoms with Crippen LogP contribution in [0.2, 0.25) is 0 Å². The van der Waals surface area contributed by atoms with E-state index in [2.05, 4.69) is 4.74 Å². The van der Waals surface area contributed by atoms with Gasteiger partial charge in [-0.25, -0.2) is 4.79 Å². The number of carbonyl (C=O) groups excluding carboxylic acids is 1. The summed E-state index contributed by atoms with van der Waals surface area (Å²) in [5.74, 6) is -0.715. The molecule has 0 spiro atoms. The maximum atomic E-state index is 12.1. The SMILES string of the molecule is COC(=O)C(O)c1cccc(CCF)c1. The number of aliphatic hydroxyl groups excluding tert-OH is 1. The lowest BCUT2D eigenvalue weighted by molar-refractivity contribution is -0.150. The van der Waals surface area contributed by atoms with Crippen LogP contribution in [0.4, 0.5) is 4.39 Å². The second-order valence-electron chi connectivity index (χ2n) is 3.11. The summed E-state index contributed by atoms with van der Waals surface area (Å²) < 4.78 is 16.5. The van der Waals surface area contributed by atoms with Crippen molar-refractivity contribution < 1.29 is 19.0 Å². The van der Waals surface area contributed by atoms with Crippen molar-refractivity contribution >= 4 is 5.97 Å². The summed E-state index contributed by atoms with van der Waals surface area (Å²) in [6.45, 7) is -0.461. The largest absolute Gasteiger partial charge is 0.467 e. The minimum absolute atomic E-state index is 0.279. The summed E-state index contributed by atoms with van der Waals surface area (Å²) >= 11 is 0. The van der Waals surface area contributed by atoms with Crippen molar-refractivity contribution in [1.82, 2.24) is 0 Å². The van der Waals surface area contributed by atoms with Gasteiger partial charge in [0.2, 0.25) is 0 Å². The number of benzene rings is 1. The lowest BCUT2D eigenvalue weighted by Gasteiger charge is -2.09. The monoisotopic (exact) mass is 212 g/mol. The lowest BCUT2D eigenvalue weighted by Crippen LogP contribution is -2.13. The van der Waals surface area contributed by atoms with E-state index in [1.165, 1.54) is 7.11 Å². The van der Waals surface area contributed by atoms with Gasteiger partial charge in [0.1, 0.15) is 0 Å². The van der Waals surface area contributed by atoms with Gasteiger partial charge in [-0.15, -0.1) is 0 Å². The maximum absolute atomic E-state index is 12.1. The quantitative estimate of drug-likeness (QED) is 0.767. The van der Waals surface area contributed by atoms with E-state index < -0.39 is 18.7 Å². The molecule has 15 heavy (non-hydrogen) atoms. The summed E-state index contributed by atoms with van der Waals surface area (Å²) in [5, 5.41) is 9.51. The van der Waals surface area contributed by atoms with Crippen LogP contribution in [-0.2, 0) is 16.0 Å². The molecule has 1 aromatic rings. The van der Waals surface area contributed by atoms with E-state index in [-0.39, 0.29) is 6.42 Å². The summed E-state index contributed by atoms with van der Waals surface area (Å²) in [6, 6.07) is 6.62. The van der Waals surface area contributed by atoms with Gasteiger partial charge in [0.25, 0.3) is 0 Å². The Balaban J connectivity index is 2.84. The Morgan fingerprint density at radius 1 is 1.60 bits per heavy atom. The number of esters is 1. The molecule has 82 valence electrons. The molecule has 0 saturated heterocycles. The third-order valence-corrected chi connectivity index (χ3v) is 2.07. The third-order valence-electron chi connectivity index (χ3n) is 2.07. The highest BCUT2D eigenvalue weighted by atomic mass is 19.1. The molecule has 0 radical (unpaired) electrons. The van der Waals surface area contributed by atoms with Crippen molar-refractivity contribution in [1.29, 1.82) is 0 Å². The molecule has 1 rings (SSSR count). The second kappa shape index (κ2) is 5.46. The second-order valence-corrected chi connectivity index (χ2v) is 3.11. The molecule has 0 aliphatic heterocycles. The van der Waals surface area contributed by atoms with E-state index in [9.17, 15) is 14.3 Å². The molecular formula is C11H13FO3. The fourth-order valence-electron chi connectivity index (χ4n) is 1.28. The number of halogens is 1. The van der Waals surface area contributed by atoms with E-state index in [0.29, 0.717) is 5.56 Å². The first-order valence-corrected chi connectivity index (χ1v) is 4.59. The van der Waals surface area contributed by atoms with Crippen molar-refractivity contribution in [3.63, 3.8) is 0 Å². The van der Waals surface area contributed by atoms with Crippen molar-refractivity contribution in [2.24, 2.45) is 0 Å². The molecule has 1 atom stereocenters. The van der Waals surface area contributed by atoms with Crippen LogP contribution in [0.25, 0.3) is 0 Å². The molecule has 1 N–H and O–H groups in total. The van der Waals surface area contributed by atoms with Crippen LogP contribution in [0, 0.1) is 0 Å². The number of hydrogen-bond donors (Lipinski definition) is 1. The van der Waals surface area contributed by atoms with Gasteiger partial charge in [0.05, 0.1) is 13.8 Å². The Hall–Kier alpha value is -1.42. The number of carbonyl (C=O) groups is 1. The van der Waals surface area contributed by atoms with Gasteiger partial charge < -0.3 is 9.84 Å². The van der Waals surface area contributed by atoms with Crippen molar-refractivity contribution in [3.8, 4) is 0 Å². The fourth-order valence-corrected chi connectivity index (χ4v) is 1.28. The van der Waals surface area contributed by atoms with Crippen LogP contribution in [-0.4, -0.2) is 24.9 Å². The van der Waals surface area contributed by atoms with E-state index >= 15 is 0 Å². The normalized spacial score (nSPS) is 12.2. The van der Waals surface area contributed by atoms with E-state index in [1.54, 1.807) is 24.3 Å². The van der Waals surface area contributed by atoms with Gasteiger partial charge in [-0.1, -0.05) is 24.3 Å². The molecule has 1 unspecified atom stereocenters. The van der Waals surface area contributed by atoms with Gasteiger partial charge in [-0.2, -0.15) is 0 Å². The molecule has 4 heteroatoms. The van der Waals surface area contributed by atoms with Crippen molar-refractivity contribution in [2.75, 3.05) is 13.8 Å². The first kappa shape index (κ1) is 11.7. The lowest BCUT2D eigenvalue weighted by atomic mass is 10.0. The standard InChI is InChI=1S/C11H13FO3/c1-15-11(14)10(13)9-4-2-3-8(7-9)5-6-12/h2-4,7,10,13H,5-6H2,1H3.